The first-order valence-corrected chi connectivity index (χ1v) is 8.97. The number of hydrogen-bond donors (Lipinski definition) is 3. The number of amides is 1. The van der Waals surface area contributed by atoms with E-state index in [2.05, 4.69) is 36.3 Å². The van der Waals surface area contributed by atoms with E-state index in [1.54, 1.807) is 13.1 Å². The fourth-order valence-electron chi connectivity index (χ4n) is 2.60. The zero-order chi connectivity index (χ0) is 19.9. The van der Waals surface area contributed by atoms with Gasteiger partial charge in [-0.05, 0) is 50.6 Å². The summed E-state index contributed by atoms with van der Waals surface area (Å²) in [7, 11) is 0. The van der Waals surface area contributed by atoms with Crippen molar-refractivity contribution in [2.75, 3.05) is 23.7 Å². The smallest absolute Gasteiger partial charge is 0.224 e. The van der Waals surface area contributed by atoms with Gasteiger partial charge in [0.05, 0.1) is 12.1 Å². The van der Waals surface area contributed by atoms with Gasteiger partial charge < -0.3 is 20.5 Å². The van der Waals surface area contributed by atoms with Crippen molar-refractivity contribution in [3.63, 3.8) is 0 Å². The van der Waals surface area contributed by atoms with Gasteiger partial charge in [-0.15, -0.1) is 10.2 Å². The summed E-state index contributed by atoms with van der Waals surface area (Å²) >= 11 is 0. The fourth-order valence-corrected chi connectivity index (χ4v) is 2.60. The van der Waals surface area contributed by atoms with E-state index in [9.17, 15) is 4.79 Å². The quantitative estimate of drug-likeness (QED) is 0.509. The minimum Gasteiger partial charge on any atom is -0.367 e. The molecule has 0 spiro atoms. The number of aromatic nitrogens is 4. The van der Waals surface area contributed by atoms with E-state index in [0.29, 0.717) is 30.5 Å². The second-order valence-corrected chi connectivity index (χ2v) is 6.40. The maximum atomic E-state index is 12.0. The van der Waals surface area contributed by atoms with Crippen LogP contribution in [-0.2, 0) is 11.2 Å². The average Bonchev–Trinajstić information content (AvgIpc) is 2.98. The largest absolute Gasteiger partial charge is 0.367 e. The summed E-state index contributed by atoms with van der Waals surface area (Å²) in [5.74, 6) is 2.55. The molecule has 0 fully saturated rings. The zero-order valence-corrected chi connectivity index (χ0v) is 16.1. The van der Waals surface area contributed by atoms with Crippen LogP contribution >= 0.6 is 0 Å². The second kappa shape index (κ2) is 8.94. The highest BCUT2D eigenvalue weighted by molar-refractivity contribution is 5.79. The highest BCUT2D eigenvalue weighted by Crippen LogP contribution is 2.14. The van der Waals surface area contributed by atoms with Crippen molar-refractivity contribution < 1.29 is 9.32 Å². The third-order valence-electron chi connectivity index (χ3n) is 4.11. The molecular formula is C19H23N7O2. The van der Waals surface area contributed by atoms with Crippen LogP contribution in [0.3, 0.4) is 0 Å². The first-order valence-electron chi connectivity index (χ1n) is 8.97. The molecule has 9 nitrogen and oxygen atoms in total. The van der Waals surface area contributed by atoms with Crippen LogP contribution in [0, 0.1) is 20.8 Å². The van der Waals surface area contributed by atoms with Crippen LogP contribution in [0.15, 0.2) is 35.0 Å². The van der Waals surface area contributed by atoms with Gasteiger partial charge in [0.1, 0.15) is 17.4 Å². The SMILES string of the molecule is Cc1ccnc(Nc2ccc(NCCNC(=O)Cc3c(C)noc3C)nn2)c1. The number of nitrogens with zero attached hydrogens (tertiary/aromatic N) is 4. The van der Waals surface area contributed by atoms with E-state index in [0.717, 1.165) is 22.6 Å². The van der Waals surface area contributed by atoms with Gasteiger partial charge >= 0.3 is 0 Å². The molecule has 0 unspecified atom stereocenters. The molecule has 0 aliphatic heterocycles. The number of hydrogen-bond acceptors (Lipinski definition) is 8. The summed E-state index contributed by atoms with van der Waals surface area (Å²) in [6.45, 7) is 6.63. The molecule has 0 aliphatic rings. The Morgan fingerprint density at radius 2 is 1.82 bits per heavy atom. The first-order chi connectivity index (χ1) is 13.5. The zero-order valence-electron chi connectivity index (χ0n) is 16.1. The van der Waals surface area contributed by atoms with Gasteiger partial charge in [0.25, 0.3) is 0 Å². The van der Waals surface area contributed by atoms with Crippen molar-refractivity contribution in [2.24, 2.45) is 0 Å². The Balaban J connectivity index is 1.41. The van der Waals surface area contributed by atoms with Crippen molar-refractivity contribution in [1.29, 1.82) is 0 Å². The van der Waals surface area contributed by atoms with E-state index in [-0.39, 0.29) is 12.3 Å². The predicted octanol–water partition coefficient (Wildman–Crippen LogP) is 2.30. The topological polar surface area (TPSA) is 118 Å². The molecule has 3 rings (SSSR count). The molecule has 0 saturated heterocycles. The minimum absolute atomic E-state index is 0.0764. The second-order valence-electron chi connectivity index (χ2n) is 6.40. The van der Waals surface area contributed by atoms with Crippen molar-refractivity contribution in [2.45, 2.75) is 27.2 Å². The van der Waals surface area contributed by atoms with E-state index in [4.69, 9.17) is 4.52 Å². The lowest BCUT2D eigenvalue weighted by Gasteiger charge is -2.08. The molecule has 3 aromatic heterocycles. The Kier molecular flexibility index (Phi) is 6.15. The van der Waals surface area contributed by atoms with Crippen LogP contribution in [-0.4, -0.2) is 39.3 Å². The maximum Gasteiger partial charge on any atom is 0.224 e. The van der Waals surface area contributed by atoms with Gasteiger partial charge in [-0.25, -0.2) is 4.98 Å². The molecule has 3 aromatic rings. The summed E-state index contributed by atoms with van der Waals surface area (Å²) < 4.78 is 5.07. The molecular weight excluding hydrogens is 358 g/mol. The molecule has 146 valence electrons. The first kappa shape index (κ1) is 19.3. The van der Waals surface area contributed by atoms with Crippen molar-refractivity contribution in [3.05, 3.63) is 53.0 Å². The summed E-state index contributed by atoms with van der Waals surface area (Å²) in [5.41, 5.74) is 2.69. The Morgan fingerprint density at radius 3 is 2.50 bits per heavy atom. The van der Waals surface area contributed by atoms with Gasteiger partial charge in [0.2, 0.25) is 5.91 Å². The van der Waals surface area contributed by atoms with E-state index in [1.807, 2.05) is 38.1 Å². The maximum absolute atomic E-state index is 12.0. The standard InChI is InChI=1S/C19H23N7O2/c1-12-6-7-20-18(10-12)23-17-5-4-16(24-25-17)21-8-9-22-19(27)11-15-13(2)26-28-14(15)3/h4-7,10H,8-9,11H2,1-3H3,(H,21,24)(H,22,27)(H,20,23,25). The number of pyridine rings is 1. The summed E-state index contributed by atoms with van der Waals surface area (Å²) in [6.07, 6.45) is 2.00. The van der Waals surface area contributed by atoms with Crippen LogP contribution in [0.5, 0.6) is 0 Å². The third-order valence-corrected chi connectivity index (χ3v) is 4.11. The van der Waals surface area contributed by atoms with Crippen molar-refractivity contribution in [1.82, 2.24) is 25.7 Å². The van der Waals surface area contributed by atoms with Crippen LogP contribution < -0.4 is 16.0 Å². The Hall–Kier alpha value is -3.49. The molecule has 3 heterocycles. The molecule has 28 heavy (non-hydrogen) atoms. The Morgan fingerprint density at radius 1 is 1.04 bits per heavy atom. The summed E-state index contributed by atoms with van der Waals surface area (Å²) in [6, 6.07) is 7.49. The monoisotopic (exact) mass is 381 g/mol. The molecule has 0 radical (unpaired) electrons. The van der Waals surface area contributed by atoms with Crippen LogP contribution in [0.4, 0.5) is 17.5 Å². The Labute approximate surface area is 163 Å². The molecule has 9 heteroatoms. The molecule has 0 saturated carbocycles. The molecule has 0 atom stereocenters. The van der Waals surface area contributed by atoms with Crippen molar-refractivity contribution in [3.8, 4) is 0 Å². The number of nitrogens with one attached hydrogen (secondary N) is 3. The lowest BCUT2D eigenvalue weighted by molar-refractivity contribution is -0.120. The van der Waals surface area contributed by atoms with Gasteiger partial charge in [-0.1, -0.05) is 5.16 Å². The normalized spacial score (nSPS) is 10.5. The number of rotatable bonds is 8. The molecule has 3 N–H and O–H groups in total. The van der Waals surface area contributed by atoms with Gasteiger partial charge in [-0.3, -0.25) is 4.79 Å². The molecule has 0 bridgehead atoms. The number of anilines is 3. The molecule has 0 aliphatic carbocycles. The Bertz CT molecular complexity index is 918. The highest BCUT2D eigenvalue weighted by atomic mass is 16.5. The lowest BCUT2D eigenvalue weighted by atomic mass is 10.1. The van der Waals surface area contributed by atoms with E-state index < -0.39 is 0 Å². The van der Waals surface area contributed by atoms with E-state index in [1.165, 1.54) is 0 Å². The lowest BCUT2D eigenvalue weighted by Crippen LogP contribution is -2.30. The van der Waals surface area contributed by atoms with Crippen molar-refractivity contribution >= 4 is 23.4 Å². The summed E-state index contributed by atoms with van der Waals surface area (Å²) in [4.78, 5) is 16.2. The van der Waals surface area contributed by atoms with E-state index >= 15 is 0 Å². The summed E-state index contributed by atoms with van der Waals surface area (Å²) in [5, 5.41) is 21.2. The number of carbonyl (C=O) groups is 1. The van der Waals surface area contributed by atoms with Gasteiger partial charge in [-0.2, -0.15) is 0 Å². The third kappa shape index (κ3) is 5.26. The minimum atomic E-state index is -0.0764. The predicted molar refractivity (Wildman–Crippen MR) is 105 cm³/mol. The molecule has 0 aromatic carbocycles. The van der Waals surface area contributed by atoms with Crippen LogP contribution in [0.1, 0.15) is 22.6 Å². The molecule has 1 amide bonds. The van der Waals surface area contributed by atoms with Gasteiger partial charge in [0.15, 0.2) is 5.82 Å². The number of carbonyl (C=O) groups excluding carboxylic acids is 1. The highest BCUT2D eigenvalue weighted by Gasteiger charge is 2.12. The van der Waals surface area contributed by atoms with Crippen LogP contribution in [0.2, 0.25) is 0 Å². The fraction of sp³-hybridized carbons (Fsp3) is 0.316. The van der Waals surface area contributed by atoms with Crippen LogP contribution in [0.25, 0.3) is 0 Å². The number of aryl methyl sites for hydroxylation is 3. The van der Waals surface area contributed by atoms with Gasteiger partial charge in [0, 0.05) is 24.8 Å². The average molecular weight is 381 g/mol.